The van der Waals surface area contributed by atoms with E-state index < -0.39 is 22.9 Å². The monoisotopic (exact) mass is 415 g/mol. The average molecular weight is 415 g/mol. The van der Waals surface area contributed by atoms with Gasteiger partial charge in [-0.05, 0) is 23.8 Å². The van der Waals surface area contributed by atoms with Gasteiger partial charge in [0.25, 0.3) is 0 Å². The predicted molar refractivity (Wildman–Crippen MR) is 96.7 cm³/mol. The fraction of sp³-hybridized carbons (Fsp3) is 0.316. The zero-order valence-electron chi connectivity index (χ0n) is 15.0. The van der Waals surface area contributed by atoms with Crippen LogP contribution in [0.3, 0.4) is 0 Å². The summed E-state index contributed by atoms with van der Waals surface area (Å²) >= 11 is 1.23. The number of benzene rings is 2. The van der Waals surface area contributed by atoms with E-state index in [1.807, 2.05) is 0 Å². The summed E-state index contributed by atoms with van der Waals surface area (Å²) in [5.41, 5.74) is -0.357. The summed E-state index contributed by atoms with van der Waals surface area (Å²) in [6, 6.07) is 7.98. The number of para-hydroxylation sites is 1. The van der Waals surface area contributed by atoms with Crippen LogP contribution in [0.25, 0.3) is 0 Å². The Bertz CT molecular complexity index is 888. The van der Waals surface area contributed by atoms with E-state index in [0.717, 1.165) is 6.07 Å². The second-order valence-electron chi connectivity index (χ2n) is 6.07. The van der Waals surface area contributed by atoms with Crippen molar-refractivity contribution < 1.29 is 31.8 Å². The first-order chi connectivity index (χ1) is 13.3. The maximum atomic E-state index is 14.0. The van der Waals surface area contributed by atoms with Gasteiger partial charge in [0.2, 0.25) is 5.91 Å². The largest absolute Gasteiger partial charge is 0.493 e. The third-order valence-electron chi connectivity index (χ3n) is 4.38. The summed E-state index contributed by atoms with van der Waals surface area (Å²) < 4.78 is 63.0. The number of carbonyl (C=O) groups excluding carboxylic acids is 1. The Morgan fingerprint density at radius 1 is 1.18 bits per heavy atom. The van der Waals surface area contributed by atoms with Crippen LogP contribution in [-0.2, 0) is 17.5 Å². The van der Waals surface area contributed by atoms with E-state index in [1.54, 1.807) is 18.2 Å². The van der Waals surface area contributed by atoms with Gasteiger partial charge in [0, 0.05) is 5.56 Å². The van der Waals surface area contributed by atoms with Gasteiger partial charge in [-0.1, -0.05) is 18.2 Å². The van der Waals surface area contributed by atoms with E-state index in [0.29, 0.717) is 28.7 Å². The molecule has 1 unspecified atom stereocenters. The topological polar surface area (TPSA) is 38.8 Å². The zero-order chi connectivity index (χ0) is 20.5. The fourth-order valence-corrected chi connectivity index (χ4v) is 4.26. The molecular weight excluding hydrogens is 398 g/mol. The predicted octanol–water partition coefficient (Wildman–Crippen LogP) is 4.64. The maximum Gasteiger partial charge on any atom is 0.419 e. The highest BCUT2D eigenvalue weighted by Gasteiger charge is 2.37. The highest BCUT2D eigenvalue weighted by molar-refractivity contribution is 8.00. The van der Waals surface area contributed by atoms with Crippen LogP contribution in [0.2, 0.25) is 0 Å². The number of rotatable bonds is 5. The molecule has 0 aromatic heterocycles. The molecule has 1 aliphatic rings. The molecule has 0 spiro atoms. The summed E-state index contributed by atoms with van der Waals surface area (Å²) in [5, 5.41) is -0.597. The Labute approximate surface area is 163 Å². The van der Waals surface area contributed by atoms with E-state index in [4.69, 9.17) is 9.47 Å². The lowest BCUT2D eigenvalue weighted by atomic mass is 10.1. The van der Waals surface area contributed by atoms with Crippen molar-refractivity contribution in [2.45, 2.75) is 18.1 Å². The molecule has 1 heterocycles. The number of nitrogens with zero attached hydrogens (tertiary/aromatic N) is 1. The number of alkyl halides is 3. The van der Waals surface area contributed by atoms with Gasteiger partial charge in [0.15, 0.2) is 11.5 Å². The zero-order valence-corrected chi connectivity index (χ0v) is 15.9. The van der Waals surface area contributed by atoms with Gasteiger partial charge < -0.3 is 14.4 Å². The van der Waals surface area contributed by atoms with E-state index >= 15 is 0 Å². The summed E-state index contributed by atoms with van der Waals surface area (Å²) in [4.78, 5) is 13.9. The van der Waals surface area contributed by atoms with E-state index in [2.05, 4.69) is 0 Å². The minimum absolute atomic E-state index is 0.152. The first kappa shape index (κ1) is 20.3. The van der Waals surface area contributed by atoms with Crippen molar-refractivity contribution in [1.82, 2.24) is 4.90 Å². The molecule has 1 aliphatic heterocycles. The van der Waals surface area contributed by atoms with E-state index in [9.17, 15) is 22.4 Å². The summed E-state index contributed by atoms with van der Waals surface area (Å²) in [6.45, 7) is 0.152. The molecule has 0 bridgehead atoms. The van der Waals surface area contributed by atoms with Gasteiger partial charge in [-0.3, -0.25) is 4.79 Å². The molecule has 1 atom stereocenters. The Morgan fingerprint density at radius 3 is 2.54 bits per heavy atom. The van der Waals surface area contributed by atoms with Crippen LogP contribution in [0.1, 0.15) is 22.1 Å². The number of carbonyl (C=O) groups is 1. The highest BCUT2D eigenvalue weighted by atomic mass is 32.2. The van der Waals surface area contributed by atoms with Gasteiger partial charge in [0.1, 0.15) is 11.2 Å². The lowest BCUT2D eigenvalue weighted by Crippen LogP contribution is -2.28. The molecule has 0 radical (unpaired) electrons. The SMILES string of the molecule is COc1cccc(CN2C(=O)CSC2c2ccc(C(F)(F)F)c(F)c2)c1OC. The van der Waals surface area contributed by atoms with Crippen molar-refractivity contribution in [2.24, 2.45) is 0 Å². The number of thioether (sulfide) groups is 1. The Balaban J connectivity index is 1.92. The first-order valence-electron chi connectivity index (χ1n) is 8.24. The molecule has 2 aromatic carbocycles. The van der Waals surface area contributed by atoms with Crippen LogP contribution in [0.4, 0.5) is 17.6 Å². The third kappa shape index (κ3) is 3.89. The van der Waals surface area contributed by atoms with Crippen LogP contribution in [0, 0.1) is 5.82 Å². The smallest absolute Gasteiger partial charge is 0.419 e. The number of hydrogen-bond donors (Lipinski definition) is 0. The van der Waals surface area contributed by atoms with E-state index in [-0.39, 0.29) is 18.2 Å². The normalized spacial score (nSPS) is 17.1. The third-order valence-corrected chi connectivity index (χ3v) is 5.63. The summed E-state index contributed by atoms with van der Waals surface area (Å²) in [7, 11) is 2.97. The number of methoxy groups -OCH3 is 2. The molecule has 2 aromatic rings. The molecule has 4 nitrogen and oxygen atoms in total. The van der Waals surface area contributed by atoms with Gasteiger partial charge in [-0.25, -0.2) is 4.39 Å². The lowest BCUT2D eigenvalue weighted by Gasteiger charge is -2.26. The van der Waals surface area contributed by atoms with Gasteiger partial charge in [0.05, 0.1) is 32.1 Å². The number of halogens is 4. The van der Waals surface area contributed by atoms with Crippen LogP contribution in [-0.4, -0.2) is 30.8 Å². The highest BCUT2D eigenvalue weighted by Crippen LogP contribution is 2.42. The number of amides is 1. The molecule has 0 saturated carbocycles. The summed E-state index contributed by atoms with van der Waals surface area (Å²) in [6.07, 6.45) is -4.77. The van der Waals surface area contributed by atoms with Gasteiger partial charge >= 0.3 is 6.18 Å². The molecule has 150 valence electrons. The van der Waals surface area contributed by atoms with Gasteiger partial charge in [-0.2, -0.15) is 13.2 Å². The van der Waals surface area contributed by atoms with Crippen LogP contribution in [0.15, 0.2) is 36.4 Å². The van der Waals surface area contributed by atoms with E-state index in [1.165, 1.54) is 36.9 Å². The molecule has 3 rings (SSSR count). The van der Waals surface area contributed by atoms with Crippen molar-refractivity contribution in [1.29, 1.82) is 0 Å². The quantitative estimate of drug-likeness (QED) is 0.668. The van der Waals surface area contributed by atoms with Crippen molar-refractivity contribution >= 4 is 17.7 Å². The molecular formula is C19H17F4NO3S. The molecule has 28 heavy (non-hydrogen) atoms. The Morgan fingerprint density at radius 2 is 1.93 bits per heavy atom. The minimum atomic E-state index is -4.77. The molecule has 1 fully saturated rings. The molecule has 9 heteroatoms. The van der Waals surface area contributed by atoms with Gasteiger partial charge in [-0.15, -0.1) is 11.8 Å². The Hall–Kier alpha value is -2.42. The van der Waals surface area contributed by atoms with Crippen molar-refractivity contribution in [3.05, 3.63) is 58.9 Å². The fourth-order valence-electron chi connectivity index (χ4n) is 3.08. The lowest BCUT2D eigenvalue weighted by molar-refractivity contribution is -0.140. The molecule has 1 saturated heterocycles. The number of ether oxygens (including phenoxy) is 2. The van der Waals surface area contributed by atoms with Crippen LogP contribution < -0.4 is 9.47 Å². The number of hydrogen-bond acceptors (Lipinski definition) is 4. The first-order valence-corrected chi connectivity index (χ1v) is 9.28. The maximum absolute atomic E-state index is 14.0. The average Bonchev–Trinajstić information content (AvgIpc) is 3.00. The molecule has 1 amide bonds. The molecule has 0 aliphatic carbocycles. The molecule has 0 N–H and O–H groups in total. The van der Waals surface area contributed by atoms with Crippen molar-refractivity contribution in [2.75, 3.05) is 20.0 Å². The minimum Gasteiger partial charge on any atom is -0.493 e. The van der Waals surface area contributed by atoms with Crippen molar-refractivity contribution in [3.63, 3.8) is 0 Å². The summed E-state index contributed by atoms with van der Waals surface area (Å²) in [5.74, 6) is -0.438. The van der Waals surface area contributed by atoms with Crippen molar-refractivity contribution in [3.8, 4) is 11.5 Å². The second-order valence-corrected chi connectivity index (χ2v) is 7.14. The second kappa shape index (κ2) is 7.90. The standard InChI is InChI=1S/C19H17F4NO3S/c1-26-15-5-3-4-12(17(15)27-2)9-24-16(25)10-28-18(24)11-6-7-13(14(20)8-11)19(21,22)23/h3-8,18H,9-10H2,1-2H3. The van der Waals surface area contributed by atoms with Crippen LogP contribution >= 0.6 is 11.8 Å². The Kier molecular flexibility index (Phi) is 5.74. The van der Waals surface area contributed by atoms with Crippen LogP contribution in [0.5, 0.6) is 11.5 Å².